The van der Waals surface area contributed by atoms with Crippen LogP contribution in [-0.4, -0.2) is 51.2 Å². The molecule has 126 valence electrons. The lowest BCUT2D eigenvalue weighted by atomic mass is 10.1. The van der Waals surface area contributed by atoms with Crippen molar-refractivity contribution < 1.29 is 22.7 Å². The van der Waals surface area contributed by atoms with E-state index < -0.39 is 36.8 Å². The Labute approximate surface area is 134 Å². The molecule has 1 saturated heterocycles. The molecule has 0 aliphatic carbocycles. The summed E-state index contributed by atoms with van der Waals surface area (Å²) in [5.41, 5.74) is 0.292. The standard InChI is InChI=1S/C15H13F3N4O2/c16-10-4-2-1-3-9(10)11-13-19-12(20-22(13)5-6-24-11)14(23)21-7-15(17,18)8-21/h1-4,11H,5-8H2. The molecule has 1 atom stereocenters. The lowest BCUT2D eigenvalue weighted by Crippen LogP contribution is -2.58. The Kier molecular flexibility index (Phi) is 3.34. The third-order valence-corrected chi connectivity index (χ3v) is 4.03. The number of alkyl halides is 2. The molecule has 0 bridgehead atoms. The van der Waals surface area contributed by atoms with Crippen LogP contribution in [0.15, 0.2) is 24.3 Å². The minimum atomic E-state index is -2.85. The second-order valence-electron chi connectivity index (χ2n) is 5.81. The van der Waals surface area contributed by atoms with Crippen LogP contribution in [0.4, 0.5) is 13.2 Å². The van der Waals surface area contributed by atoms with Crippen LogP contribution in [0.25, 0.3) is 0 Å². The van der Waals surface area contributed by atoms with E-state index in [9.17, 15) is 18.0 Å². The smallest absolute Gasteiger partial charge is 0.293 e. The number of carbonyl (C=O) groups is 1. The Bertz CT molecular complexity index is 800. The van der Waals surface area contributed by atoms with Gasteiger partial charge in [0.25, 0.3) is 11.8 Å². The van der Waals surface area contributed by atoms with Gasteiger partial charge in [0, 0.05) is 5.56 Å². The van der Waals surface area contributed by atoms with E-state index in [1.807, 2.05) is 0 Å². The molecular weight excluding hydrogens is 325 g/mol. The van der Waals surface area contributed by atoms with Gasteiger partial charge in [-0.2, -0.15) is 0 Å². The first-order valence-corrected chi connectivity index (χ1v) is 7.42. The molecule has 9 heteroatoms. The summed E-state index contributed by atoms with van der Waals surface area (Å²) in [7, 11) is 0. The number of benzene rings is 1. The van der Waals surface area contributed by atoms with E-state index in [1.165, 1.54) is 10.7 Å². The Morgan fingerprint density at radius 2 is 2.04 bits per heavy atom. The maximum Gasteiger partial charge on any atom is 0.293 e. The number of hydrogen-bond donors (Lipinski definition) is 0. The Morgan fingerprint density at radius 3 is 2.75 bits per heavy atom. The SMILES string of the molecule is O=C(c1nc2n(n1)CCOC2c1ccccc1F)N1CC(F)(F)C1. The van der Waals surface area contributed by atoms with Crippen LogP contribution in [-0.2, 0) is 11.3 Å². The number of fused-ring (bicyclic) bond motifs is 1. The topological polar surface area (TPSA) is 60.3 Å². The van der Waals surface area contributed by atoms with Gasteiger partial charge in [-0.3, -0.25) is 4.79 Å². The highest BCUT2D eigenvalue weighted by Gasteiger charge is 2.47. The lowest BCUT2D eigenvalue weighted by molar-refractivity contribution is -0.113. The molecule has 0 radical (unpaired) electrons. The van der Waals surface area contributed by atoms with Gasteiger partial charge in [0.2, 0.25) is 5.82 Å². The molecule has 1 aromatic heterocycles. The molecule has 6 nitrogen and oxygen atoms in total. The zero-order valence-corrected chi connectivity index (χ0v) is 12.5. The molecule has 0 N–H and O–H groups in total. The van der Waals surface area contributed by atoms with Crippen molar-refractivity contribution in [1.29, 1.82) is 0 Å². The van der Waals surface area contributed by atoms with Gasteiger partial charge >= 0.3 is 0 Å². The van der Waals surface area contributed by atoms with Crippen LogP contribution in [0, 0.1) is 5.82 Å². The van der Waals surface area contributed by atoms with E-state index in [2.05, 4.69) is 10.1 Å². The Balaban J connectivity index is 1.64. The molecule has 2 aliphatic heterocycles. The zero-order chi connectivity index (χ0) is 16.9. The Hall–Kier alpha value is -2.42. The third-order valence-electron chi connectivity index (χ3n) is 4.03. The van der Waals surface area contributed by atoms with Crippen LogP contribution < -0.4 is 0 Å². The first-order chi connectivity index (χ1) is 11.4. The number of rotatable bonds is 2. The third kappa shape index (κ3) is 2.44. The molecule has 1 fully saturated rings. The number of nitrogens with zero attached hydrogens (tertiary/aromatic N) is 4. The fraction of sp³-hybridized carbons (Fsp3) is 0.400. The van der Waals surface area contributed by atoms with Crippen molar-refractivity contribution in [3.05, 3.63) is 47.3 Å². The van der Waals surface area contributed by atoms with Gasteiger partial charge in [-0.25, -0.2) is 22.8 Å². The second-order valence-corrected chi connectivity index (χ2v) is 5.81. The molecule has 3 heterocycles. The first-order valence-electron chi connectivity index (χ1n) is 7.42. The van der Waals surface area contributed by atoms with Gasteiger partial charge in [0.1, 0.15) is 11.9 Å². The van der Waals surface area contributed by atoms with Crippen LogP contribution in [0.5, 0.6) is 0 Å². The van der Waals surface area contributed by atoms with Crippen molar-refractivity contribution in [1.82, 2.24) is 19.7 Å². The van der Waals surface area contributed by atoms with Crippen LogP contribution in [0.1, 0.15) is 28.1 Å². The van der Waals surface area contributed by atoms with Gasteiger partial charge in [-0.05, 0) is 6.07 Å². The molecule has 0 saturated carbocycles. The number of hydrogen-bond acceptors (Lipinski definition) is 4. The number of amides is 1. The van der Waals surface area contributed by atoms with Gasteiger partial charge < -0.3 is 9.64 Å². The molecule has 0 spiro atoms. The highest BCUT2D eigenvalue weighted by molar-refractivity contribution is 5.91. The van der Waals surface area contributed by atoms with Gasteiger partial charge in [0.15, 0.2) is 5.82 Å². The number of likely N-dealkylation sites (tertiary alicyclic amines) is 1. The van der Waals surface area contributed by atoms with Gasteiger partial charge in [0.05, 0.1) is 26.2 Å². The maximum absolute atomic E-state index is 14.0. The van der Waals surface area contributed by atoms with Crippen molar-refractivity contribution in [2.24, 2.45) is 0 Å². The quantitative estimate of drug-likeness (QED) is 0.835. The molecule has 1 unspecified atom stereocenters. The fourth-order valence-electron chi connectivity index (χ4n) is 2.85. The van der Waals surface area contributed by atoms with E-state index in [0.717, 1.165) is 4.90 Å². The van der Waals surface area contributed by atoms with E-state index in [4.69, 9.17) is 4.74 Å². The molecule has 2 aliphatic rings. The Morgan fingerprint density at radius 1 is 1.29 bits per heavy atom. The summed E-state index contributed by atoms with van der Waals surface area (Å²) in [6.45, 7) is -0.632. The molecule has 24 heavy (non-hydrogen) atoms. The average molecular weight is 338 g/mol. The monoisotopic (exact) mass is 338 g/mol. The van der Waals surface area contributed by atoms with Crippen molar-refractivity contribution >= 4 is 5.91 Å². The normalized spacial score (nSPS) is 22.0. The highest BCUT2D eigenvalue weighted by Crippen LogP contribution is 2.31. The van der Waals surface area contributed by atoms with Crippen LogP contribution in [0.2, 0.25) is 0 Å². The number of halogens is 3. The minimum absolute atomic E-state index is 0.174. The fourth-order valence-corrected chi connectivity index (χ4v) is 2.85. The molecule has 1 aromatic carbocycles. The maximum atomic E-state index is 14.0. The molecule has 2 aromatic rings. The molecule has 4 rings (SSSR count). The first kappa shape index (κ1) is 15.1. The largest absolute Gasteiger partial charge is 0.363 e. The van der Waals surface area contributed by atoms with Crippen LogP contribution in [0.3, 0.4) is 0 Å². The van der Waals surface area contributed by atoms with Crippen molar-refractivity contribution in [3.63, 3.8) is 0 Å². The van der Waals surface area contributed by atoms with Crippen molar-refractivity contribution in [3.8, 4) is 0 Å². The summed E-state index contributed by atoms with van der Waals surface area (Å²) < 4.78 is 46.9. The highest BCUT2D eigenvalue weighted by atomic mass is 19.3. The summed E-state index contributed by atoms with van der Waals surface area (Å²) >= 11 is 0. The van der Waals surface area contributed by atoms with Crippen molar-refractivity contribution in [2.45, 2.75) is 18.6 Å². The summed E-state index contributed by atoms with van der Waals surface area (Å²) in [6.07, 6.45) is -0.785. The van der Waals surface area contributed by atoms with E-state index in [1.54, 1.807) is 18.2 Å². The zero-order valence-electron chi connectivity index (χ0n) is 12.5. The summed E-state index contributed by atoms with van der Waals surface area (Å²) in [5, 5.41) is 4.07. The van der Waals surface area contributed by atoms with Crippen LogP contribution >= 0.6 is 0 Å². The second kappa shape index (κ2) is 5.30. The molecular formula is C15H13F3N4O2. The lowest BCUT2D eigenvalue weighted by Gasteiger charge is -2.37. The average Bonchev–Trinajstić information content (AvgIpc) is 2.96. The predicted molar refractivity (Wildman–Crippen MR) is 75.1 cm³/mol. The van der Waals surface area contributed by atoms with Gasteiger partial charge in [-0.1, -0.05) is 18.2 Å². The van der Waals surface area contributed by atoms with E-state index in [0.29, 0.717) is 17.9 Å². The van der Waals surface area contributed by atoms with E-state index in [-0.39, 0.29) is 12.4 Å². The number of carbonyl (C=O) groups excluding carboxylic acids is 1. The minimum Gasteiger partial charge on any atom is -0.363 e. The predicted octanol–water partition coefficient (Wildman–Crippen LogP) is 1.63. The van der Waals surface area contributed by atoms with Gasteiger partial charge in [-0.15, -0.1) is 5.10 Å². The number of aromatic nitrogens is 3. The summed E-state index contributed by atoms with van der Waals surface area (Å²) in [4.78, 5) is 17.3. The number of ether oxygens (including phenoxy) is 1. The van der Waals surface area contributed by atoms with E-state index >= 15 is 0 Å². The summed E-state index contributed by atoms with van der Waals surface area (Å²) in [5.74, 6) is -3.84. The van der Waals surface area contributed by atoms with Crippen molar-refractivity contribution in [2.75, 3.05) is 19.7 Å². The summed E-state index contributed by atoms with van der Waals surface area (Å²) in [6, 6.07) is 6.11. The molecule has 1 amide bonds.